The van der Waals surface area contributed by atoms with E-state index in [2.05, 4.69) is 10.2 Å². The Morgan fingerprint density at radius 2 is 1.97 bits per heavy atom. The molecule has 1 aromatic carbocycles. The highest BCUT2D eigenvalue weighted by Crippen LogP contribution is 2.31. The predicted octanol–water partition coefficient (Wildman–Crippen LogP) is 2.15. The standard InChI is InChI=1S/C21H20FN5O5S/c1-11-16-17(28)26(12(2)20(29)30)21(31)25(19(16)33-18(11)27-23-7-8-24-27)9-6-13-10-14(22)4-5-15(13)32-3/h4-5,7-8,10,12H,6,9H2,1-3H3,(H,29,30). The predicted molar refractivity (Wildman–Crippen MR) is 119 cm³/mol. The minimum absolute atomic E-state index is 0.0632. The molecule has 1 unspecified atom stereocenters. The highest BCUT2D eigenvalue weighted by Gasteiger charge is 2.26. The number of rotatable bonds is 7. The Labute approximate surface area is 190 Å². The third-order valence-corrected chi connectivity index (χ3v) is 6.69. The lowest BCUT2D eigenvalue weighted by Crippen LogP contribution is -2.43. The number of thiophene rings is 1. The molecule has 172 valence electrons. The van der Waals surface area contributed by atoms with Gasteiger partial charge in [-0.05, 0) is 44.0 Å². The normalized spacial score (nSPS) is 12.2. The lowest BCUT2D eigenvalue weighted by molar-refractivity contribution is -0.140. The van der Waals surface area contributed by atoms with Crippen molar-refractivity contribution in [1.29, 1.82) is 0 Å². The third kappa shape index (κ3) is 3.82. The molecule has 0 radical (unpaired) electrons. The van der Waals surface area contributed by atoms with E-state index >= 15 is 0 Å². The summed E-state index contributed by atoms with van der Waals surface area (Å²) < 4.78 is 21.2. The summed E-state index contributed by atoms with van der Waals surface area (Å²) in [6, 6.07) is 2.70. The third-order valence-electron chi connectivity index (χ3n) is 5.41. The van der Waals surface area contributed by atoms with Gasteiger partial charge < -0.3 is 9.84 Å². The van der Waals surface area contributed by atoms with Gasteiger partial charge in [-0.2, -0.15) is 10.2 Å². The van der Waals surface area contributed by atoms with E-state index in [0.717, 1.165) is 15.9 Å². The number of halogens is 1. The van der Waals surface area contributed by atoms with Gasteiger partial charge in [-0.1, -0.05) is 11.3 Å². The smallest absolute Gasteiger partial charge is 0.332 e. The fourth-order valence-corrected chi connectivity index (χ4v) is 4.92. The number of aromatic nitrogens is 5. The lowest BCUT2D eigenvalue weighted by atomic mass is 10.1. The molecule has 0 saturated carbocycles. The maximum Gasteiger partial charge on any atom is 0.332 e. The van der Waals surface area contributed by atoms with Gasteiger partial charge in [-0.25, -0.2) is 18.5 Å². The van der Waals surface area contributed by atoms with Crippen LogP contribution in [0.3, 0.4) is 0 Å². The number of hydrogen-bond acceptors (Lipinski definition) is 7. The number of aliphatic carboxylic acids is 1. The fraction of sp³-hybridized carbons (Fsp3) is 0.286. The van der Waals surface area contributed by atoms with Gasteiger partial charge >= 0.3 is 11.7 Å². The SMILES string of the molecule is COc1ccc(F)cc1CCn1c(=O)n(C(C)C(=O)O)c(=O)c2c(C)c(-n3nccn3)sc21. The highest BCUT2D eigenvalue weighted by molar-refractivity contribution is 7.21. The van der Waals surface area contributed by atoms with Gasteiger partial charge in [-0.15, -0.1) is 4.80 Å². The molecule has 3 aromatic heterocycles. The van der Waals surface area contributed by atoms with E-state index in [1.807, 2.05) is 0 Å². The Morgan fingerprint density at radius 1 is 1.27 bits per heavy atom. The monoisotopic (exact) mass is 473 g/mol. The number of ether oxygens (including phenoxy) is 1. The van der Waals surface area contributed by atoms with Gasteiger partial charge in [-0.3, -0.25) is 9.36 Å². The van der Waals surface area contributed by atoms with Crippen LogP contribution in [0.1, 0.15) is 24.1 Å². The van der Waals surface area contributed by atoms with Crippen molar-refractivity contribution in [3.63, 3.8) is 0 Å². The molecule has 0 aliphatic heterocycles. The highest BCUT2D eigenvalue weighted by atomic mass is 32.1. The van der Waals surface area contributed by atoms with E-state index in [4.69, 9.17) is 4.74 Å². The van der Waals surface area contributed by atoms with Gasteiger partial charge in [0.25, 0.3) is 5.56 Å². The van der Waals surface area contributed by atoms with Crippen molar-refractivity contribution in [1.82, 2.24) is 24.1 Å². The second kappa shape index (κ2) is 8.62. The minimum atomic E-state index is -1.38. The zero-order valence-corrected chi connectivity index (χ0v) is 18.8. The molecule has 10 nitrogen and oxygen atoms in total. The van der Waals surface area contributed by atoms with Crippen molar-refractivity contribution >= 4 is 27.5 Å². The van der Waals surface area contributed by atoms with E-state index in [-0.39, 0.29) is 18.4 Å². The van der Waals surface area contributed by atoms with Crippen LogP contribution in [0.2, 0.25) is 0 Å². The molecule has 0 bridgehead atoms. The summed E-state index contributed by atoms with van der Waals surface area (Å²) in [6.45, 7) is 3.03. The number of fused-ring (bicyclic) bond motifs is 1. The Hall–Kier alpha value is -3.80. The van der Waals surface area contributed by atoms with Crippen LogP contribution in [-0.2, 0) is 17.8 Å². The molecule has 4 rings (SSSR count). The zero-order valence-electron chi connectivity index (χ0n) is 18.0. The number of hydrogen-bond donors (Lipinski definition) is 1. The summed E-state index contributed by atoms with van der Waals surface area (Å²) in [7, 11) is 1.46. The van der Waals surface area contributed by atoms with Gasteiger partial charge in [0.2, 0.25) is 0 Å². The molecule has 1 atom stereocenters. The van der Waals surface area contributed by atoms with E-state index in [0.29, 0.717) is 26.7 Å². The molecular weight excluding hydrogens is 453 g/mol. The number of benzene rings is 1. The van der Waals surface area contributed by atoms with Gasteiger partial charge in [0.15, 0.2) is 0 Å². The molecule has 0 fully saturated rings. The lowest BCUT2D eigenvalue weighted by Gasteiger charge is -2.15. The molecular formula is C21H20FN5O5S. The fourth-order valence-electron chi connectivity index (χ4n) is 3.69. The van der Waals surface area contributed by atoms with Gasteiger partial charge in [0, 0.05) is 12.1 Å². The molecule has 0 aliphatic rings. The maximum absolute atomic E-state index is 13.8. The Kier molecular flexibility index (Phi) is 5.85. The average molecular weight is 473 g/mol. The summed E-state index contributed by atoms with van der Waals surface area (Å²) in [5.74, 6) is -1.31. The van der Waals surface area contributed by atoms with Crippen molar-refractivity contribution in [2.75, 3.05) is 7.11 Å². The number of carboxylic acids is 1. The number of carbonyl (C=O) groups is 1. The van der Waals surface area contributed by atoms with E-state index in [1.54, 1.807) is 6.92 Å². The minimum Gasteiger partial charge on any atom is -0.496 e. The molecule has 0 spiro atoms. The summed E-state index contributed by atoms with van der Waals surface area (Å²) in [5.41, 5.74) is -0.404. The van der Waals surface area contributed by atoms with Crippen LogP contribution in [-0.4, -0.2) is 42.3 Å². The van der Waals surface area contributed by atoms with Gasteiger partial charge in [0.1, 0.15) is 27.4 Å². The zero-order chi connectivity index (χ0) is 23.9. The quantitative estimate of drug-likeness (QED) is 0.437. The number of methoxy groups -OCH3 is 1. The van der Waals surface area contributed by atoms with Crippen molar-refractivity contribution in [2.24, 2.45) is 0 Å². The number of aryl methyl sites for hydroxylation is 3. The summed E-state index contributed by atoms with van der Waals surface area (Å²) in [5, 5.41) is 18.4. The van der Waals surface area contributed by atoms with Gasteiger partial charge in [0.05, 0.1) is 24.9 Å². The molecule has 0 saturated heterocycles. The van der Waals surface area contributed by atoms with Crippen molar-refractivity contribution in [2.45, 2.75) is 32.9 Å². The first-order valence-electron chi connectivity index (χ1n) is 9.95. The van der Waals surface area contributed by atoms with Crippen LogP contribution in [0.15, 0.2) is 40.2 Å². The molecule has 0 aliphatic carbocycles. The first-order valence-corrected chi connectivity index (χ1v) is 10.8. The molecule has 12 heteroatoms. The van der Waals surface area contributed by atoms with Crippen LogP contribution in [0.25, 0.3) is 15.2 Å². The second-order valence-electron chi connectivity index (χ2n) is 7.36. The first kappa shape index (κ1) is 22.4. The first-order chi connectivity index (χ1) is 15.7. The van der Waals surface area contributed by atoms with E-state index in [1.165, 1.54) is 54.0 Å². The van der Waals surface area contributed by atoms with Crippen LogP contribution in [0.4, 0.5) is 4.39 Å². The Balaban J connectivity index is 1.95. The van der Waals surface area contributed by atoms with Crippen LogP contribution < -0.4 is 16.0 Å². The Bertz CT molecular complexity index is 1470. The van der Waals surface area contributed by atoms with Crippen LogP contribution in [0, 0.1) is 12.7 Å². The van der Waals surface area contributed by atoms with Crippen molar-refractivity contribution < 1.29 is 19.0 Å². The molecule has 3 heterocycles. The topological polar surface area (TPSA) is 121 Å². The number of carboxylic acid groups (broad SMARTS) is 1. The largest absolute Gasteiger partial charge is 0.496 e. The Morgan fingerprint density at radius 3 is 2.61 bits per heavy atom. The average Bonchev–Trinajstić information content (AvgIpc) is 3.41. The van der Waals surface area contributed by atoms with E-state index < -0.39 is 29.1 Å². The number of nitrogens with zero attached hydrogens (tertiary/aromatic N) is 5. The molecule has 4 aromatic rings. The second-order valence-corrected chi connectivity index (χ2v) is 8.34. The molecule has 33 heavy (non-hydrogen) atoms. The van der Waals surface area contributed by atoms with E-state index in [9.17, 15) is 23.9 Å². The molecule has 1 N–H and O–H groups in total. The summed E-state index contributed by atoms with van der Waals surface area (Å²) >= 11 is 1.15. The van der Waals surface area contributed by atoms with Crippen LogP contribution in [0.5, 0.6) is 5.75 Å². The maximum atomic E-state index is 13.8. The molecule has 0 amide bonds. The summed E-state index contributed by atoms with van der Waals surface area (Å²) in [4.78, 5) is 39.9. The van der Waals surface area contributed by atoms with Crippen molar-refractivity contribution in [3.05, 3.63) is 68.4 Å². The van der Waals surface area contributed by atoms with Crippen molar-refractivity contribution in [3.8, 4) is 10.8 Å². The van der Waals surface area contributed by atoms with Crippen LogP contribution >= 0.6 is 11.3 Å². The summed E-state index contributed by atoms with van der Waals surface area (Å²) in [6.07, 6.45) is 3.18.